The standard InChI is InChI=1S/C18H21F2NOS2/c19-14-4-5-16(15(20)10-14)21-17(22)11-8-12-2-1-3-13(9-11)18(12)23-6-7-24-18/h4-5,10-13H,1-3,6-9H2,(H,21,22). The van der Waals surface area contributed by atoms with E-state index < -0.39 is 11.6 Å². The van der Waals surface area contributed by atoms with Crippen LogP contribution in [0.3, 0.4) is 0 Å². The molecule has 0 aromatic heterocycles. The molecule has 0 radical (unpaired) electrons. The summed E-state index contributed by atoms with van der Waals surface area (Å²) in [6.45, 7) is 0. The zero-order valence-electron chi connectivity index (χ0n) is 13.4. The number of hydrogen-bond acceptors (Lipinski definition) is 3. The van der Waals surface area contributed by atoms with Crippen molar-refractivity contribution in [1.29, 1.82) is 0 Å². The van der Waals surface area contributed by atoms with E-state index >= 15 is 0 Å². The van der Waals surface area contributed by atoms with Crippen LogP contribution in [-0.4, -0.2) is 21.5 Å². The molecule has 2 atom stereocenters. The summed E-state index contributed by atoms with van der Waals surface area (Å²) in [7, 11) is 0. The molecule has 1 aromatic rings. The van der Waals surface area contributed by atoms with Crippen LogP contribution in [0.1, 0.15) is 32.1 Å². The van der Waals surface area contributed by atoms with Crippen LogP contribution in [0.2, 0.25) is 0 Å². The maximum Gasteiger partial charge on any atom is 0.227 e. The lowest BCUT2D eigenvalue weighted by Gasteiger charge is -2.52. The van der Waals surface area contributed by atoms with E-state index in [0.717, 1.165) is 18.9 Å². The molecule has 2 bridgehead atoms. The van der Waals surface area contributed by atoms with E-state index in [1.54, 1.807) is 0 Å². The SMILES string of the molecule is O=C(Nc1ccc(F)cc1F)C1CC2CCCC(C1)C21SCCS1. The maximum absolute atomic E-state index is 13.8. The molecule has 1 heterocycles. The van der Waals surface area contributed by atoms with E-state index in [9.17, 15) is 13.6 Å². The van der Waals surface area contributed by atoms with Gasteiger partial charge in [0, 0.05) is 23.5 Å². The van der Waals surface area contributed by atoms with Crippen molar-refractivity contribution in [3.05, 3.63) is 29.8 Å². The second-order valence-electron chi connectivity index (χ2n) is 7.02. The number of carbonyl (C=O) groups is 1. The molecule has 6 heteroatoms. The number of carbonyl (C=O) groups excluding carboxylic acids is 1. The Morgan fingerprint density at radius 2 is 1.79 bits per heavy atom. The summed E-state index contributed by atoms with van der Waals surface area (Å²) in [6.07, 6.45) is 5.45. The summed E-state index contributed by atoms with van der Waals surface area (Å²) in [5, 5.41) is 2.68. The largest absolute Gasteiger partial charge is 0.323 e. The third kappa shape index (κ3) is 2.85. The zero-order valence-corrected chi connectivity index (χ0v) is 15.0. The molecule has 2 nitrogen and oxygen atoms in total. The zero-order chi connectivity index (χ0) is 16.7. The van der Waals surface area contributed by atoms with E-state index in [0.29, 0.717) is 15.9 Å². The highest BCUT2D eigenvalue weighted by molar-refractivity contribution is 8.21. The van der Waals surface area contributed by atoms with Crippen LogP contribution in [-0.2, 0) is 4.79 Å². The monoisotopic (exact) mass is 369 g/mol. The Morgan fingerprint density at radius 1 is 1.12 bits per heavy atom. The van der Waals surface area contributed by atoms with Crippen LogP contribution < -0.4 is 5.32 Å². The molecule has 1 saturated heterocycles. The van der Waals surface area contributed by atoms with Gasteiger partial charge in [0.1, 0.15) is 11.6 Å². The number of anilines is 1. The normalized spacial score (nSPS) is 31.2. The van der Waals surface area contributed by atoms with Gasteiger partial charge in [0.2, 0.25) is 5.91 Å². The van der Waals surface area contributed by atoms with Crippen molar-refractivity contribution in [3.63, 3.8) is 0 Å². The molecule has 24 heavy (non-hydrogen) atoms. The lowest BCUT2D eigenvalue weighted by atomic mass is 9.67. The fraction of sp³-hybridized carbons (Fsp3) is 0.611. The van der Waals surface area contributed by atoms with Crippen molar-refractivity contribution in [3.8, 4) is 0 Å². The Kier molecular flexibility index (Phi) is 4.54. The predicted molar refractivity (Wildman–Crippen MR) is 96.2 cm³/mol. The van der Waals surface area contributed by atoms with E-state index in [2.05, 4.69) is 28.8 Å². The Hall–Kier alpha value is -0.750. The third-order valence-corrected chi connectivity index (χ3v) is 9.70. The Labute approximate surface area is 149 Å². The van der Waals surface area contributed by atoms with E-state index in [-0.39, 0.29) is 17.5 Å². The fourth-order valence-corrected chi connectivity index (χ4v) is 8.59. The Morgan fingerprint density at radius 3 is 2.42 bits per heavy atom. The van der Waals surface area contributed by atoms with Crippen LogP contribution in [0, 0.1) is 29.4 Å². The van der Waals surface area contributed by atoms with Gasteiger partial charge >= 0.3 is 0 Å². The summed E-state index contributed by atoms with van der Waals surface area (Å²) in [5.41, 5.74) is 0.0801. The summed E-state index contributed by atoms with van der Waals surface area (Å²) >= 11 is 4.22. The summed E-state index contributed by atoms with van der Waals surface area (Å²) < 4.78 is 27.1. The molecule has 2 aliphatic carbocycles. The maximum atomic E-state index is 13.8. The quantitative estimate of drug-likeness (QED) is 0.803. The molecule has 1 spiro atoms. The first-order valence-corrected chi connectivity index (χ1v) is 10.6. The predicted octanol–water partition coefficient (Wildman–Crippen LogP) is 4.91. The highest BCUT2D eigenvalue weighted by Gasteiger charge is 2.55. The molecule has 130 valence electrons. The molecule has 4 rings (SSSR count). The minimum atomic E-state index is -0.710. The summed E-state index contributed by atoms with van der Waals surface area (Å²) in [5.74, 6) is 2.09. The van der Waals surface area contributed by atoms with E-state index in [1.165, 1.54) is 42.9 Å². The first kappa shape index (κ1) is 16.7. The molecule has 1 N–H and O–H groups in total. The molecule has 2 saturated carbocycles. The highest BCUT2D eigenvalue weighted by Crippen LogP contribution is 2.64. The van der Waals surface area contributed by atoms with Gasteiger partial charge in [-0.15, -0.1) is 23.5 Å². The summed E-state index contributed by atoms with van der Waals surface area (Å²) in [4.78, 5) is 12.7. The number of rotatable bonds is 2. The second-order valence-corrected chi connectivity index (χ2v) is 10.0. The van der Waals surface area contributed by atoms with Gasteiger partial charge in [-0.2, -0.15) is 0 Å². The van der Waals surface area contributed by atoms with E-state index in [1.807, 2.05) is 0 Å². The van der Waals surface area contributed by atoms with Crippen molar-refractivity contribution < 1.29 is 13.6 Å². The average Bonchev–Trinajstić information content (AvgIpc) is 2.99. The third-order valence-electron chi connectivity index (χ3n) is 5.68. The van der Waals surface area contributed by atoms with Crippen LogP contribution in [0.5, 0.6) is 0 Å². The highest BCUT2D eigenvalue weighted by atomic mass is 32.2. The van der Waals surface area contributed by atoms with Crippen molar-refractivity contribution in [2.24, 2.45) is 17.8 Å². The van der Waals surface area contributed by atoms with Crippen molar-refractivity contribution in [1.82, 2.24) is 0 Å². The number of nitrogens with one attached hydrogen (secondary N) is 1. The van der Waals surface area contributed by atoms with Crippen molar-refractivity contribution >= 4 is 35.1 Å². The molecular weight excluding hydrogens is 348 g/mol. The molecule has 3 aliphatic rings. The Balaban J connectivity index is 1.48. The lowest BCUT2D eigenvalue weighted by molar-refractivity contribution is -0.122. The van der Waals surface area contributed by atoms with Crippen LogP contribution in [0.25, 0.3) is 0 Å². The smallest absolute Gasteiger partial charge is 0.227 e. The molecular formula is C18H21F2NOS2. The Bertz CT molecular complexity index is 632. The van der Waals surface area contributed by atoms with Gasteiger partial charge in [-0.3, -0.25) is 4.79 Å². The van der Waals surface area contributed by atoms with Crippen LogP contribution in [0.15, 0.2) is 18.2 Å². The number of benzene rings is 1. The summed E-state index contributed by atoms with van der Waals surface area (Å²) in [6, 6.07) is 3.29. The second kappa shape index (κ2) is 6.52. The van der Waals surface area contributed by atoms with Gasteiger partial charge in [0.15, 0.2) is 0 Å². The van der Waals surface area contributed by atoms with Gasteiger partial charge in [0.05, 0.1) is 9.77 Å². The molecule has 2 unspecified atom stereocenters. The number of thioether (sulfide) groups is 2. The van der Waals surface area contributed by atoms with E-state index in [4.69, 9.17) is 0 Å². The van der Waals surface area contributed by atoms with Gasteiger partial charge in [-0.25, -0.2) is 8.78 Å². The lowest BCUT2D eigenvalue weighted by Crippen LogP contribution is -2.48. The number of hydrogen-bond donors (Lipinski definition) is 1. The minimum absolute atomic E-state index is 0.0582. The van der Waals surface area contributed by atoms with Gasteiger partial charge in [0.25, 0.3) is 0 Å². The fourth-order valence-electron chi connectivity index (χ4n) is 4.65. The molecule has 1 aromatic carbocycles. The minimum Gasteiger partial charge on any atom is -0.323 e. The van der Waals surface area contributed by atoms with Crippen molar-refractivity contribution in [2.45, 2.75) is 36.2 Å². The van der Waals surface area contributed by atoms with Gasteiger partial charge in [-0.1, -0.05) is 6.42 Å². The number of halogens is 2. The van der Waals surface area contributed by atoms with Crippen LogP contribution >= 0.6 is 23.5 Å². The first-order valence-electron chi connectivity index (χ1n) is 8.62. The topological polar surface area (TPSA) is 29.1 Å². The molecule has 3 fully saturated rings. The average molecular weight is 370 g/mol. The number of amides is 1. The first-order chi connectivity index (χ1) is 11.6. The van der Waals surface area contributed by atoms with Crippen LogP contribution in [0.4, 0.5) is 14.5 Å². The van der Waals surface area contributed by atoms with Crippen molar-refractivity contribution in [2.75, 3.05) is 16.8 Å². The van der Waals surface area contributed by atoms with Gasteiger partial charge in [-0.05, 0) is 49.7 Å². The molecule has 1 amide bonds. The molecule has 1 aliphatic heterocycles. The van der Waals surface area contributed by atoms with Gasteiger partial charge < -0.3 is 5.32 Å².